The molecule has 192 valence electrons. The van der Waals surface area contributed by atoms with E-state index >= 15 is 0 Å². The Morgan fingerprint density at radius 3 is 2.00 bits per heavy atom. The fourth-order valence-electron chi connectivity index (χ4n) is 4.31. The summed E-state index contributed by atoms with van der Waals surface area (Å²) in [5.41, 5.74) is 3.35. The van der Waals surface area contributed by atoms with Crippen LogP contribution in [0.2, 0.25) is 5.02 Å². The highest BCUT2D eigenvalue weighted by Gasteiger charge is 2.26. The number of ketones is 1. The monoisotopic (exact) mass is 520 g/mol. The Morgan fingerprint density at radius 1 is 0.892 bits per heavy atom. The normalized spacial score (nSPS) is 10.9. The predicted molar refractivity (Wildman–Crippen MR) is 143 cm³/mol. The maximum absolute atomic E-state index is 13.2. The number of benzene rings is 3. The summed E-state index contributed by atoms with van der Waals surface area (Å²) < 4.78 is 22.3. The van der Waals surface area contributed by atoms with Crippen LogP contribution in [0.3, 0.4) is 0 Å². The van der Waals surface area contributed by atoms with Gasteiger partial charge in [-0.1, -0.05) is 49.2 Å². The molecule has 0 N–H and O–H groups in total. The van der Waals surface area contributed by atoms with Gasteiger partial charge in [0.15, 0.2) is 11.3 Å². The zero-order valence-corrected chi connectivity index (χ0v) is 22.1. The number of furan rings is 1. The first kappa shape index (κ1) is 26.3. The average molecular weight is 521 g/mol. The number of halogens is 1. The van der Waals surface area contributed by atoms with Crippen molar-refractivity contribution in [2.24, 2.45) is 0 Å². The number of esters is 1. The smallest absolute Gasteiger partial charge is 0.315 e. The number of ether oxygens (including phenoxy) is 3. The van der Waals surface area contributed by atoms with Crippen molar-refractivity contribution in [3.63, 3.8) is 0 Å². The number of aryl methyl sites for hydroxylation is 2. The Labute approximate surface area is 221 Å². The molecule has 1 aromatic heterocycles. The Balaban J connectivity index is 1.67. The molecule has 0 saturated heterocycles. The van der Waals surface area contributed by atoms with Gasteiger partial charge in [0.1, 0.15) is 17.2 Å². The molecule has 0 spiro atoms. The number of rotatable bonds is 10. The average Bonchev–Trinajstić information content (AvgIpc) is 3.25. The molecule has 0 amide bonds. The fraction of sp³-hybridized carbons (Fsp3) is 0.267. The van der Waals surface area contributed by atoms with Crippen LogP contribution < -0.4 is 14.2 Å². The summed E-state index contributed by atoms with van der Waals surface area (Å²) >= 11 is 6.58. The van der Waals surface area contributed by atoms with Gasteiger partial charge >= 0.3 is 5.97 Å². The molecule has 4 rings (SSSR count). The van der Waals surface area contributed by atoms with E-state index in [2.05, 4.69) is 0 Å². The van der Waals surface area contributed by atoms with Crippen LogP contribution in [-0.2, 0) is 24.1 Å². The third kappa shape index (κ3) is 5.81. The van der Waals surface area contributed by atoms with E-state index in [0.717, 1.165) is 23.1 Å². The Morgan fingerprint density at radius 2 is 1.46 bits per heavy atom. The van der Waals surface area contributed by atoms with E-state index in [0.29, 0.717) is 45.2 Å². The minimum atomic E-state index is -0.419. The summed E-state index contributed by atoms with van der Waals surface area (Å²) in [6.45, 7) is 3.83. The molecule has 0 atom stereocenters. The molecule has 0 unspecified atom stereocenters. The van der Waals surface area contributed by atoms with Crippen LogP contribution in [0, 0.1) is 6.92 Å². The molecular weight excluding hydrogens is 492 g/mol. The lowest BCUT2D eigenvalue weighted by Crippen LogP contribution is -2.13. The van der Waals surface area contributed by atoms with Crippen molar-refractivity contribution < 1.29 is 28.2 Å². The molecule has 0 saturated carbocycles. The number of Topliss-reactive ketones (excluding diaryl/α,β-unsaturated/α-hetero) is 1. The van der Waals surface area contributed by atoms with E-state index in [1.54, 1.807) is 39.3 Å². The summed E-state index contributed by atoms with van der Waals surface area (Å²) in [5.74, 6) is 1.41. The van der Waals surface area contributed by atoms with Gasteiger partial charge in [0.25, 0.3) is 0 Å². The number of carbonyl (C=O) groups excluding carboxylic acids is 2. The van der Waals surface area contributed by atoms with Gasteiger partial charge in [-0.3, -0.25) is 9.59 Å². The van der Waals surface area contributed by atoms with Gasteiger partial charge in [0, 0.05) is 12.0 Å². The van der Waals surface area contributed by atoms with Gasteiger partial charge in [-0.15, -0.1) is 0 Å². The van der Waals surface area contributed by atoms with Crippen molar-refractivity contribution in [3.05, 3.63) is 87.6 Å². The van der Waals surface area contributed by atoms with Gasteiger partial charge in [0.2, 0.25) is 5.78 Å². The lowest BCUT2D eigenvalue weighted by molar-refractivity contribution is -0.133. The minimum Gasteiger partial charge on any atom is -0.497 e. The maximum Gasteiger partial charge on any atom is 0.315 e. The van der Waals surface area contributed by atoms with Gasteiger partial charge in [-0.2, -0.15) is 0 Å². The summed E-state index contributed by atoms with van der Waals surface area (Å²) in [6.07, 6.45) is 1.71. The Bertz CT molecular complexity index is 1420. The molecule has 3 aromatic carbocycles. The minimum absolute atomic E-state index is 0.0832. The highest BCUT2D eigenvalue weighted by atomic mass is 35.5. The van der Waals surface area contributed by atoms with Gasteiger partial charge in [0.05, 0.1) is 31.0 Å². The molecule has 1 heterocycles. The molecule has 37 heavy (non-hydrogen) atoms. The van der Waals surface area contributed by atoms with Crippen LogP contribution in [0.4, 0.5) is 0 Å². The van der Waals surface area contributed by atoms with Gasteiger partial charge < -0.3 is 18.6 Å². The predicted octanol–water partition coefficient (Wildman–Crippen LogP) is 6.94. The van der Waals surface area contributed by atoms with E-state index < -0.39 is 5.97 Å². The second-order valence-corrected chi connectivity index (χ2v) is 9.21. The zero-order valence-electron chi connectivity index (χ0n) is 21.4. The van der Waals surface area contributed by atoms with Crippen LogP contribution in [0.1, 0.15) is 46.2 Å². The summed E-state index contributed by atoms with van der Waals surface area (Å²) in [5, 5.41) is 0.928. The second kappa shape index (κ2) is 11.5. The van der Waals surface area contributed by atoms with Gasteiger partial charge in [-0.25, -0.2) is 0 Å². The van der Waals surface area contributed by atoms with Crippen molar-refractivity contribution in [2.45, 2.75) is 39.5 Å². The number of carbonyl (C=O) groups is 2. The largest absolute Gasteiger partial charge is 0.497 e. The molecule has 0 aliphatic carbocycles. The molecular formula is C30H29ClO6. The van der Waals surface area contributed by atoms with E-state index in [-0.39, 0.29) is 24.4 Å². The number of fused-ring (bicyclic) bond motifs is 1. The first-order chi connectivity index (χ1) is 17.8. The van der Waals surface area contributed by atoms with Crippen molar-refractivity contribution in [2.75, 3.05) is 14.2 Å². The van der Waals surface area contributed by atoms with Crippen molar-refractivity contribution in [1.29, 1.82) is 0 Å². The fourth-order valence-corrected chi connectivity index (χ4v) is 4.57. The quantitative estimate of drug-likeness (QED) is 0.128. The standard InChI is InChI=1S/C30H29ClO6/c1-5-6-21-17-24(31)30-27(29(21)36-26(33)16-20-9-13-23(35-4)14-10-20)18(2)28(37-30)25(32)15-19-7-11-22(34-3)12-8-19/h7-14,17H,5-6,15-16H2,1-4H3. The topological polar surface area (TPSA) is 75.0 Å². The summed E-state index contributed by atoms with van der Waals surface area (Å²) in [7, 11) is 3.18. The van der Waals surface area contributed by atoms with E-state index in [4.69, 9.17) is 30.2 Å². The number of methoxy groups -OCH3 is 2. The van der Waals surface area contributed by atoms with Crippen LogP contribution >= 0.6 is 11.6 Å². The zero-order chi connectivity index (χ0) is 26.5. The third-order valence-corrected chi connectivity index (χ3v) is 6.48. The number of hydrogen-bond acceptors (Lipinski definition) is 6. The molecule has 0 aliphatic heterocycles. The van der Waals surface area contributed by atoms with E-state index in [9.17, 15) is 9.59 Å². The third-order valence-electron chi connectivity index (χ3n) is 6.20. The first-order valence-corrected chi connectivity index (χ1v) is 12.5. The van der Waals surface area contributed by atoms with Crippen LogP contribution in [0.5, 0.6) is 17.2 Å². The lowest BCUT2D eigenvalue weighted by atomic mass is 10.0. The maximum atomic E-state index is 13.2. The van der Waals surface area contributed by atoms with E-state index in [1.165, 1.54) is 0 Å². The van der Waals surface area contributed by atoms with Crippen molar-refractivity contribution in [1.82, 2.24) is 0 Å². The molecule has 0 aliphatic rings. The molecule has 7 heteroatoms. The van der Waals surface area contributed by atoms with E-state index in [1.807, 2.05) is 43.3 Å². The molecule has 4 aromatic rings. The Kier molecular flexibility index (Phi) is 8.19. The van der Waals surface area contributed by atoms with Crippen LogP contribution in [0.25, 0.3) is 11.0 Å². The van der Waals surface area contributed by atoms with Crippen LogP contribution in [0.15, 0.2) is 59.0 Å². The van der Waals surface area contributed by atoms with Crippen molar-refractivity contribution in [3.8, 4) is 17.2 Å². The molecule has 0 bridgehead atoms. The SMILES string of the molecule is CCCc1cc(Cl)c2oc(C(=O)Cc3ccc(OC)cc3)c(C)c2c1OC(=O)Cc1ccc(OC)cc1. The Hall–Kier alpha value is -3.77. The summed E-state index contributed by atoms with van der Waals surface area (Å²) in [6, 6.07) is 16.3. The second-order valence-electron chi connectivity index (χ2n) is 8.80. The highest BCUT2D eigenvalue weighted by Crippen LogP contribution is 2.41. The number of hydrogen-bond donors (Lipinski definition) is 0. The lowest BCUT2D eigenvalue weighted by Gasteiger charge is -2.12. The highest BCUT2D eigenvalue weighted by molar-refractivity contribution is 6.35. The first-order valence-electron chi connectivity index (χ1n) is 12.1. The molecule has 6 nitrogen and oxygen atoms in total. The van der Waals surface area contributed by atoms with Crippen molar-refractivity contribution >= 4 is 34.3 Å². The van der Waals surface area contributed by atoms with Crippen LogP contribution in [-0.4, -0.2) is 26.0 Å². The van der Waals surface area contributed by atoms with Gasteiger partial charge in [-0.05, 0) is 60.4 Å². The molecule has 0 fully saturated rings. The summed E-state index contributed by atoms with van der Waals surface area (Å²) in [4.78, 5) is 26.2. The molecule has 0 radical (unpaired) electrons.